The first-order valence-corrected chi connectivity index (χ1v) is 6.50. The van der Waals surface area contributed by atoms with Crippen LogP contribution < -0.4 is 0 Å². The molecule has 0 aromatic heterocycles. The van der Waals surface area contributed by atoms with Crippen molar-refractivity contribution in [1.29, 1.82) is 0 Å². The molecule has 0 radical (unpaired) electrons. The van der Waals surface area contributed by atoms with Gasteiger partial charge in [0.15, 0.2) is 0 Å². The topological polar surface area (TPSA) is 40.6 Å². The van der Waals surface area contributed by atoms with Crippen molar-refractivity contribution < 1.29 is 9.59 Å². The highest BCUT2D eigenvalue weighted by atomic mass is 16.2. The van der Waals surface area contributed by atoms with E-state index in [1.807, 2.05) is 4.90 Å². The van der Waals surface area contributed by atoms with Gasteiger partial charge in [0.2, 0.25) is 5.91 Å². The van der Waals surface area contributed by atoms with Crippen LogP contribution in [0.15, 0.2) is 0 Å². The molecule has 98 valence electrons. The number of ketones is 1. The van der Waals surface area contributed by atoms with Gasteiger partial charge in [0.25, 0.3) is 0 Å². The van der Waals surface area contributed by atoms with Crippen LogP contribution in [-0.2, 0) is 9.59 Å². The van der Waals surface area contributed by atoms with Gasteiger partial charge in [0.05, 0.1) is 6.42 Å². The van der Waals surface area contributed by atoms with E-state index >= 15 is 0 Å². The lowest BCUT2D eigenvalue weighted by atomic mass is 10.1. The second-order valence-electron chi connectivity index (χ2n) is 5.13. The zero-order valence-corrected chi connectivity index (χ0v) is 11.2. The molecule has 0 unspecified atom stereocenters. The maximum absolute atomic E-state index is 11.5. The van der Waals surface area contributed by atoms with Gasteiger partial charge in [-0.25, -0.2) is 0 Å². The van der Waals surface area contributed by atoms with E-state index < -0.39 is 0 Å². The third-order valence-electron chi connectivity index (χ3n) is 3.43. The quantitative estimate of drug-likeness (QED) is 0.519. The Morgan fingerprint density at radius 1 is 1.29 bits per heavy atom. The lowest BCUT2D eigenvalue weighted by Gasteiger charge is -2.26. The van der Waals surface area contributed by atoms with Crippen LogP contribution in [0.4, 0.5) is 0 Å². The molecule has 0 spiro atoms. The van der Waals surface area contributed by atoms with Crippen LogP contribution in [0.3, 0.4) is 0 Å². The maximum Gasteiger partial charge on any atom is 0.230 e. The van der Waals surface area contributed by atoms with E-state index in [1.165, 1.54) is 0 Å². The molecule has 1 heterocycles. The third-order valence-corrected chi connectivity index (χ3v) is 3.43. The summed E-state index contributed by atoms with van der Waals surface area (Å²) in [6, 6.07) is 0.573. The Hall–Kier alpha value is -0.900. The van der Waals surface area contributed by atoms with Crippen LogP contribution in [0.2, 0.25) is 0 Å². The Labute approximate surface area is 104 Å². The van der Waals surface area contributed by atoms with Gasteiger partial charge in [-0.3, -0.25) is 9.59 Å². The van der Waals surface area contributed by atoms with Gasteiger partial charge in [0, 0.05) is 25.6 Å². The zero-order chi connectivity index (χ0) is 12.8. The van der Waals surface area contributed by atoms with Crippen molar-refractivity contribution in [1.82, 2.24) is 9.80 Å². The number of hydrogen-bond donors (Lipinski definition) is 0. The van der Waals surface area contributed by atoms with Gasteiger partial charge < -0.3 is 9.80 Å². The molecule has 0 N–H and O–H groups in total. The standard InChI is InChI=1S/C13H24N2O2/c1-11(2)14(3)7-4-5-8-15-9-6-12(16)10-13(15)17/h11H,4-10H2,1-3H3. The Morgan fingerprint density at radius 3 is 2.59 bits per heavy atom. The minimum atomic E-state index is 0.0125. The summed E-state index contributed by atoms with van der Waals surface area (Å²) < 4.78 is 0. The highest BCUT2D eigenvalue weighted by Gasteiger charge is 2.22. The van der Waals surface area contributed by atoms with E-state index in [0.29, 0.717) is 19.0 Å². The normalized spacial score (nSPS) is 17.4. The second-order valence-corrected chi connectivity index (χ2v) is 5.13. The molecule has 4 heteroatoms. The first-order chi connectivity index (χ1) is 8.00. The monoisotopic (exact) mass is 240 g/mol. The van der Waals surface area contributed by atoms with Crippen LogP contribution >= 0.6 is 0 Å². The van der Waals surface area contributed by atoms with E-state index in [9.17, 15) is 9.59 Å². The summed E-state index contributed by atoms with van der Waals surface area (Å²) >= 11 is 0. The van der Waals surface area contributed by atoms with Crippen molar-refractivity contribution in [3.8, 4) is 0 Å². The van der Waals surface area contributed by atoms with Gasteiger partial charge >= 0.3 is 0 Å². The van der Waals surface area contributed by atoms with E-state index in [-0.39, 0.29) is 18.1 Å². The minimum absolute atomic E-state index is 0.0125. The highest BCUT2D eigenvalue weighted by Crippen LogP contribution is 2.09. The maximum atomic E-state index is 11.5. The average Bonchev–Trinajstić information content (AvgIpc) is 2.26. The largest absolute Gasteiger partial charge is 0.342 e. The molecule has 0 aliphatic carbocycles. The number of amides is 1. The van der Waals surface area contributed by atoms with Crippen molar-refractivity contribution in [3.05, 3.63) is 0 Å². The van der Waals surface area contributed by atoms with Crippen LogP contribution in [0.1, 0.15) is 39.5 Å². The number of rotatable bonds is 6. The van der Waals surface area contributed by atoms with E-state index in [4.69, 9.17) is 0 Å². The first kappa shape index (κ1) is 14.2. The van der Waals surface area contributed by atoms with Gasteiger partial charge in [-0.05, 0) is 40.3 Å². The number of carbonyl (C=O) groups excluding carboxylic acids is 2. The Morgan fingerprint density at radius 2 is 2.00 bits per heavy atom. The summed E-state index contributed by atoms with van der Waals surface area (Å²) in [5, 5.41) is 0. The van der Waals surface area contributed by atoms with E-state index in [2.05, 4.69) is 25.8 Å². The minimum Gasteiger partial charge on any atom is -0.342 e. The Balaban J connectivity index is 2.14. The number of piperidine rings is 1. The van der Waals surface area contributed by atoms with E-state index in [0.717, 1.165) is 25.9 Å². The third kappa shape index (κ3) is 4.86. The first-order valence-electron chi connectivity index (χ1n) is 6.50. The molecule has 1 rings (SSSR count). The molecule has 1 amide bonds. The van der Waals surface area contributed by atoms with Gasteiger partial charge in [-0.15, -0.1) is 0 Å². The lowest BCUT2D eigenvalue weighted by Crippen LogP contribution is -2.39. The number of Topliss-reactive ketones (excluding diaryl/α,β-unsaturated/α-hetero) is 1. The van der Waals surface area contributed by atoms with Crippen molar-refractivity contribution in [3.63, 3.8) is 0 Å². The molecule has 1 aliphatic rings. The molecular formula is C13H24N2O2. The van der Waals surface area contributed by atoms with Gasteiger partial charge in [-0.2, -0.15) is 0 Å². The summed E-state index contributed by atoms with van der Waals surface area (Å²) in [5.41, 5.74) is 0. The molecule has 1 fully saturated rings. The molecule has 0 aromatic rings. The lowest BCUT2D eigenvalue weighted by molar-refractivity contribution is -0.139. The fourth-order valence-electron chi connectivity index (χ4n) is 1.91. The molecule has 1 saturated heterocycles. The van der Waals surface area contributed by atoms with Crippen molar-refractivity contribution in [2.45, 2.75) is 45.6 Å². The number of hydrogen-bond acceptors (Lipinski definition) is 3. The van der Waals surface area contributed by atoms with E-state index in [1.54, 1.807) is 0 Å². The zero-order valence-electron chi connectivity index (χ0n) is 11.2. The average molecular weight is 240 g/mol. The molecule has 0 atom stereocenters. The smallest absolute Gasteiger partial charge is 0.230 e. The fraction of sp³-hybridized carbons (Fsp3) is 0.846. The number of likely N-dealkylation sites (tertiary alicyclic amines) is 1. The van der Waals surface area contributed by atoms with Crippen molar-refractivity contribution in [2.24, 2.45) is 0 Å². The fourth-order valence-corrected chi connectivity index (χ4v) is 1.91. The highest BCUT2D eigenvalue weighted by molar-refractivity contribution is 6.00. The van der Waals surface area contributed by atoms with Crippen molar-refractivity contribution >= 4 is 11.7 Å². The summed E-state index contributed by atoms with van der Waals surface area (Å²) in [4.78, 5) is 26.7. The molecule has 17 heavy (non-hydrogen) atoms. The van der Waals surface area contributed by atoms with Crippen LogP contribution in [0.5, 0.6) is 0 Å². The second kappa shape index (κ2) is 6.74. The van der Waals surface area contributed by atoms with Crippen LogP contribution in [0, 0.1) is 0 Å². The van der Waals surface area contributed by atoms with Crippen LogP contribution in [0.25, 0.3) is 0 Å². The van der Waals surface area contributed by atoms with Gasteiger partial charge in [-0.1, -0.05) is 0 Å². The SMILES string of the molecule is CC(C)N(C)CCCCN1CCC(=O)CC1=O. The van der Waals surface area contributed by atoms with Crippen molar-refractivity contribution in [2.75, 3.05) is 26.7 Å². The number of carbonyl (C=O) groups is 2. The molecule has 0 saturated carbocycles. The predicted molar refractivity (Wildman–Crippen MR) is 67.8 cm³/mol. The summed E-state index contributed by atoms with van der Waals surface area (Å²) in [7, 11) is 2.12. The Bertz CT molecular complexity index is 277. The Kier molecular flexibility index (Phi) is 5.62. The summed E-state index contributed by atoms with van der Waals surface area (Å²) in [5.74, 6) is 0.101. The number of nitrogens with zero attached hydrogens (tertiary/aromatic N) is 2. The summed E-state index contributed by atoms with van der Waals surface area (Å²) in [6.45, 7) is 6.86. The summed E-state index contributed by atoms with van der Waals surface area (Å²) in [6.07, 6.45) is 2.78. The molecule has 1 aliphatic heterocycles. The molecule has 0 bridgehead atoms. The predicted octanol–water partition coefficient (Wildman–Crippen LogP) is 1.30. The number of unbranched alkanes of at least 4 members (excludes halogenated alkanes) is 1. The van der Waals surface area contributed by atoms with Gasteiger partial charge in [0.1, 0.15) is 5.78 Å². The van der Waals surface area contributed by atoms with Crippen LogP contribution in [-0.4, -0.2) is 54.2 Å². The molecule has 0 aromatic carbocycles. The molecular weight excluding hydrogens is 216 g/mol. The molecule has 4 nitrogen and oxygen atoms in total.